The molecule has 0 rings (SSSR count). The number of rotatable bonds is 6. The summed E-state index contributed by atoms with van der Waals surface area (Å²) in [6.07, 6.45) is 1.65. The van der Waals surface area contributed by atoms with Crippen LogP contribution in [0.15, 0.2) is 12.7 Å². The molecule has 0 saturated carbocycles. The van der Waals surface area contributed by atoms with Crippen LogP contribution in [-0.2, 0) is 9.09 Å². The van der Waals surface area contributed by atoms with E-state index >= 15 is 0 Å². The zero-order chi connectivity index (χ0) is 8.74. The summed E-state index contributed by atoms with van der Waals surface area (Å²) in [7, 11) is -4.28. The lowest BCUT2D eigenvalue weighted by atomic mass is 10.6. The third-order valence-corrected chi connectivity index (χ3v) is 1.35. The quantitative estimate of drug-likeness (QED) is 0.302. The first-order valence-corrected chi connectivity index (χ1v) is 4.61. The minimum absolute atomic E-state index is 0.00187. The Morgan fingerprint density at radius 1 is 1.64 bits per heavy atom. The van der Waals surface area contributed by atoms with Crippen molar-refractivity contribution >= 4 is 7.82 Å². The predicted molar refractivity (Wildman–Crippen MR) is 41.1 cm³/mol. The van der Waals surface area contributed by atoms with Crippen molar-refractivity contribution in [2.75, 3.05) is 19.7 Å². The number of hydrogen-bond acceptors (Lipinski definition) is 3. The van der Waals surface area contributed by atoms with E-state index in [-0.39, 0.29) is 6.61 Å². The fourth-order valence-corrected chi connectivity index (χ4v) is 0.770. The maximum atomic E-state index is 10.1. The second-order valence-corrected chi connectivity index (χ2v) is 3.06. The highest BCUT2D eigenvalue weighted by molar-refractivity contribution is 7.46. The van der Waals surface area contributed by atoms with E-state index in [0.717, 1.165) is 0 Å². The van der Waals surface area contributed by atoms with Gasteiger partial charge in [0.05, 0.1) is 6.61 Å². The van der Waals surface area contributed by atoms with Crippen LogP contribution in [-0.4, -0.2) is 29.5 Å². The molecule has 0 amide bonds. The van der Waals surface area contributed by atoms with Gasteiger partial charge in [0.25, 0.3) is 0 Å². The van der Waals surface area contributed by atoms with Gasteiger partial charge in [-0.15, -0.1) is 6.58 Å². The molecule has 0 spiro atoms. The lowest BCUT2D eigenvalue weighted by molar-refractivity contribution is 0.198. The average molecular weight is 181 g/mol. The molecule has 0 aliphatic carbocycles. The largest absolute Gasteiger partial charge is 0.469 e. The minimum Gasteiger partial charge on any atom is -0.311 e. The monoisotopic (exact) mass is 181 g/mol. The topological polar surface area (TPSA) is 78.8 Å². The van der Waals surface area contributed by atoms with Crippen LogP contribution >= 0.6 is 7.82 Å². The second kappa shape index (κ2) is 5.46. The summed E-state index contributed by atoms with van der Waals surface area (Å²) >= 11 is 0. The summed E-state index contributed by atoms with van der Waals surface area (Å²) in [5.74, 6) is 0. The fourth-order valence-electron chi connectivity index (χ4n) is 0.441. The van der Waals surface area contributed by atoms with E-state index in [9.17, 15) is 4.57 Å². The molecule has 0 aliphatic heterocycles. The van der Waals surface area contributed by atoms with Gasteiger partial charge >= 0.3 is 7.82 Å². The Morgan fingerprint density at radius 3 is 2.73 bits per heavy atom. The lowest BCUT2D eigenvalue weighted by Crippen LogP contribution is -2.18. The zero-order valence-electron chi connectivity index (χ0n) is 6.06. The average Bonchev–Trinajstić information content (AvgIpc) is 1.85. The zero-order valence-corrected chi connectivity index (χ0v) is 6.96. The Hall–Kier alpha value is -0.190. The third kappa shape index (κ3) is 9.81. The molecule has 0 aromatic rings. The Bertz CT molecular complexity index is 155. The van der Waals surface area contributed by atoms with Gasteiger partial charge in [-0.3, -0.25) is 4.52 Å². The molecule has 5 nitrogen and oxygen atoms in total. The van der Waals surface area contributed by atoms with E-state index in [1.165, 1.54) is 0 Å². The van der Waals surface area contributed by atoms with Gasteiger partial charge in [0.15, 0.2) is 0 Å². The molecule has 0 aromatic heterocycles. The van der Waals surface area contributed by atoms with Crippen molar-refractivity contribution in [3.63, 3.8) is 0 Å². The molecule has 3 N–H and O–H groups in total. The van der Waals surface area contributed by atoms with Crippen molar-refractivity contribution in [2.45, 2.75) is 0 Å². The summed E-state index contributed by atoms with van der Waals surface area (Å²) in [6, 6.07) is 0. The molecular weight excluding hydrogens is 169 g/mol. The summed E-state index contributed by atoms with van der Waals surface area (Å²) in [5.41, 5.74) is 0. The minimum atomic E-state index is -4.28. The lowest BCUT2D eigenvalue weighted by Gasteiger charge is -2.04. The Balaban J connectivity index is 3.15. The van der Waals surface area contributed by atoms with Crippen LogP contribution in [0.4, 0.5) is 0 Å². The van der Waals surface area contributed by atoms with Crippen molar-refractivity contribution in [1.29, 1.82) is 0 Å². The summed E-state index contributed by atoms with van der Waals surface area (Å²) < 4.78 is 14.2. The van der Waals surface area contributed by atoms with E-state index in [0.29, 0.717) is 13.1 Å². The van der Waals surface area contributed by atoms with Crippen molar-refractivity contribution in [1.82, 2.24) is 5.32 Å². The molecule has 0 unspecified atom stereocenters. The highest BCUT2D eigenvalue weighted by Crippen LogP contribution is 2.34. The van der Waals surface area contributed by atoms with E-state index in [4.69, 9.17) is 9.79 Å². The molecule has 6 heteroatoms. The van der Waals surface area contributed by atoms with Gasteiger partial charge in [0.1, 0.15) is 0 Å². The molecule has 0 bridgehead atoms. The maximum absolute atomic E-state index is 10.1. The fraction of sp³-hybridized carbons (Fsp3) is 0.600. The molecule has 11 heavy (non-hydrogen) atoms. The molecule has 0 aliphatic rings. The van der Waals surface area contributed by atoms with Crippen LogP contribution in [0.2, 0.25) is 0 Å². The highest BCUT2D eigenvalue weighted by atomic mass is 31.2. The third-order valence-electron chi connectivity index (χ3n) is 0.827. The van der Waals surface area contributed by atoms with Crippen molar-refractivity contribution in [2.24, 2.45) is 0 Å². The molecule has 66 valence electrons. The molecule has 0 atom stereocenters. The van der Waals surface area contributed by atoms with Gasteiger partial charge < -0.3 is 15.1 Å². The summed E-state index contributed by atoms with van der Waals surface area (Å²) in [4.78, 5) is 16.4. The van der Waals surface area contributed by atoms with Crippen LogP contribution < -0.4 is 5.32 Å². The van der Waals surface area contributed by atoms with E-state index < -0.39 is 7.82 Å². The molecular formula is C5H12NO4P. The first-order chi connectivity index (χ1) is 5.06. The van der Waals surface area contributed by atoms with Crippen LogP contribution in [0.25, 0.3) is 0 Å². The van der Waals surface area contributed by atoms with Crippen LogP contribution in [0.1, 0.15) is 0 Å². The number of phosphoric acid groups is 1. The number of hydrogen-bond donors (Lipinski definition) is 3. The molecule has 0 aromatic carbocycles. The molecule has 0 heterocycles. The number of phosphoric ester groups is 1. The Labute approximate surface area is 65.3 Å². The highest BCUT2D eigenvalue weighted by Gasteiger charge is 2.11. The first kappa shape index (κ1) is 10.8. The van der Waals surface area contributed by atoms with Gasteiger partial charge in [-0.05, 0) is 0 Å². The van der Waals surface area contributed by atoms with Gasteiger partial charge in [-0.25, -0.2) is 4.57 Å². The van der Waals surface area contributed by atoms with Gasteiger partial charge in [0, 0.05) is 13.1 Å². The van der Waals surface area contributed by atoms with E-state index in [1.54, 1.807) is 6.08 Å². The normalized spacial score (nSPS) is 11.5. The van der Waals surface area contributed by atoms with E-state index in [2.05, 4.69) is 16.4 Å². The SMILES string of the molecule is C=CCNCCOP(=O)(O)O. The predicted octanol–water partition coefficient (Wildman–Crippen LogP) is -0.129. The number of nitrogens with one attached hydrogen (secondary N) is 1. The Kier molecular flexibility index (Phi) is 5.36. The van der Waals surface area contributed by atoms with Crippen molar-refractivity contribution in [3.8, 4) is 0 Å². The van der Waals surface area contributed by atoms with Crippen LogP contribution in [0.5, 0.6) is 0 Å². The molecule has 0 radical (unpaired) electrons. The van der Waals surface area contributed by atoms with Gasteiger partial charge in [-0.2, -0.15) is 0 Å². The molecule has 0 fully saturated rings. The molecule has 0 saturated heterocycles. The summed E-state index contributed by atoms with van der Waals surface area (Å²) in [5, 5.41) is 2.82. The first-order valence-electron chi connectivity index (χ1n) is 3.08. The second-order valence-electron chi connectivity index (χ2n) is 1.82. The van der Waals surface area contributed by atoms with Crippen molar-refractivity contribution < 1.29 is 18.9 Å². The van der Waals surface area contributed by atoms with Crippen molar-refractivity contribution in [3.05, 3.63) is 12.7 Å². The van der Waals surface area contributed by atoms with Crippen LogP contribution in [0.3, 0.4) is 0 Å². The standard InChI is InChI=1S/C5H12NO4P/c1-2-3-6-4-5-10-11(7,8)9/h2,6H,1,3-5H2,(H2,7,8,9). The van der Waals surface area contributed by atoms with Gasteiger partial charge in [-0.1, -0.05) is 6.08 Å². The maximum Gasteiger partial charge on any atom is 0.469 e. The Morgan fingerprint density at radius 2 is 2.27 bits per heavy atom. The van der Waals surface area contributed by atoms with Gasteiger partial charge in [0.2, 0.25) is 0 Å². The smallest absolute Gasteiger partial charge is 0.311 e. The summed E-state index contributed by atoms with van der Waals surface area (Å²) in [6.45, 7) is 4.45. The van der Waals surface area contributed by atoms with E-state index in [1.807, 2.05) is 0 Å². The van der Waals surface area contributed by atoms with Crippen LogP contribution in [0, 0.1) is 0 Å².